The number of allylic oxidation sites excluding steroid dienone is 2. The van der Waals surface area contributed by atoms with Crippen LogP contribution in [0.2, 0.25) is 0 Å². The fourth-order valence-corrected chi connectivity index (χ4v) is 3.52. The van der Waals surface area contributed by atoms with E-state index in [0.29, 0.717) is 6.54 Å². The predicted molar refractivity (Wildman–Crippen MR) is 75.2 cm³/mol. The summed E-state index contributed by atoms with van der Waals surface area (Å²) >= 11 is 0. The molecule has 1 saturated carbocycles. The molecular formula is C15H19N3O3. The molecule has 0 aliphatic heterocycles. The van der Waals surface area contributed by atoms with Crippen molar-refractivity contribution < 1.29 is 14.7 Å². The molecular weight excluding hydrogens is 270 g/mol. The van der Waals surface area contributed by atoms with Gasteiger partial charge in [0.25, 0.3) is 0 Å². The van der Waals surface area contributed by atoms with E-state index >= 15 is 0 Å². The van der Waals surface area contributed by atoms with Crippen molar-refractivity contribution in [1.82, 2.24) is 15.1 Å². The van der Waals surface area contributed by atoms with Crippen molar-refractivity contribution in [2.24, 2.45) is 23.7 Å². The highest BCUT2D eigenvalue weighted by molar-refractivity contribution is 5.86. The SMILES string of the molecule is O=C(NCCCn1cccn1)[C@@H]1[C@@H](C(=O)O)[C@H]2C=C[C@@H]1C2. The molecule has 6 nitrogen and oxygen atoms in total. The van der Waals surface area contributed by atoms with Gasteiger partial charge in [-0.05, 0) is 30.7 Å². The fourth-order valence-electron chi connectivity index (χ4n) is 3.52. The number of aryl methyl sites for hydroxylation is 1. The highest BCUT2D eigenvalue weighted by atomic mass is 16.4. The van der Waals surface area contributed by atoms with Gasteiger partial charge in [0.1, 0.15) is 0 Å². The van der Waals surface area contributed by atoms with Gasteiger partial charge < -0.3 is 10.4 Å². The summed E-state index contributed by atoms with van der Waals surface area (Å²) in [5, 5.41) is 16.3. The number of nitrogens with zero attached hydrogens (tertiary/aromatic N) is 2. The van der Waals surface area contributed by atoms with Crippen LogP contribution in [0, 0.1) is 23.7 Å². The molecule has 21 heavy (non-hydrogen) atoms. The van der Waals surface area contributed by atoms with Crippen LogP contribution in [0.25, 0.3) is 0 Å². The van der Waals surface area contributed by atoms with Gasteiger partial charge in [-0.25, -0.2) is 0 Å². The summed E-state index contributed by atoms with van der Waals surface area (Å²) in [4.78, 5) is 23.6. The molecule has 0 aromatic carbocycles. The Morgan fingerprint density at radius 3 is 2.71 bits per heavy atom. The Kier molecular flexibility index (Phi) is 3.77. The van der Waals surface area contributed by atoms with Gasteiger partial charge in [0.2, 0.25) is 5.91 Å². The van der Waals surface area contributed by atoms with Crippen molar-refractivity contribution in [3.05, 3.63) is 30.6 Å². The molecule has 1 aromatic rings. The van der Waals surface area contributed by atoms with Crippen LogP contribution in [0.1, 0.15) is 12.8 Å². The van der Waals surface area contributed by atoms with Crippen LogP contribution in [0.5, 0.6) is 0 Å². The smallest absolute Gasteiger partial charge is 0.307 e. The number of carbonyl (C=O) groups excluding carboxylic acids is 1. The zero-order valence-corrected chi connectivity index (χ0v) is 11.7. The summed E-state index contributed by atoms with van der Waals surface area (Å²) in [7, 11) is 0. The van der Waals surface area contributed by atoms with Gasteiger partial charge in [-0.15, -0.1) is 0 Å². The lowest BCUT2D eigenvalue weighted by Gasteiger charge is -2.23. The number of carbonyl (C=O) groups is 2. The molecule has 2 aliphatic rings. The highest BCUT2D eigenvalue weighted by Crippen LogP contribution is 2.48. The molecule has 2 bridgehead atoms. The van der Waals surface area contributed by atoms with E-state index in [9.17, 15) is 14.7 Å². The highest BCUT2D eigenvalue weighted by Gasteiger charge is 2.51. The van der Waals surface area contributed by atoms with Crippen molar-refractivity contribution >= 4 is 11.9 Å². The monoisotopic (exact) mass is 289 g/mol. The summed E-state index contributed by atoms with van der Waals surface area (Å²) < 4.78 is 1.81. The maximum atomic E-state index is 12.3. The van der Waals surface area contributed by atoms with Crippen LogP contribution in [-0.2, 0) is 16.1 Å². The minimum Gasteiger partial charge on any atom is -0.481 e. The average Bonchev–Trinajstić information content (AvgIpc) is 3.18. The lowest BCUT2D eigenvalue weighted by atomic mass is 9.82. The molecule has 1 amide bonds. The van der Waals surface area contributed by atoms with E-state index in [0.717, 1.165) is 19.4 Å². The second kappa shape index (κ2) is 5.71. The minimum absolute atomic E-state index is 0.0207. The third kappa shape index (κ3) is 2.70. The molecule has 0 unspecified atom stereocenters. The number of hydrogen-bond donors (Lipinski definition) is 2. The summed E-state index contributed by atoms with van der Waals surface area (Å²) in [6, 6.07) is 1.86. The number of rotatable bonds is 6. The number of amides is 1. The molecule has 6 heteroatoms. The molecule has 112 valence electrons. The zero-order valence-electron chi connectivity index (χ0n) is 11.7. The van der Waals surface area contributed by atoms with Gasteiger partial charge in [-0.1, -0.05) is 12.2 Å². The molecule has 0 radical (unpaired) electrons. The third-order valence-corrected chi connectivity index (χ3v) is 4.47. The molecule has 3 rings (SSSR count). The summed E-state index contributed by atoms with van der Waals surface area (Å²) in [5.74, 6) is -1.86. The summed E-state index contributed by atoms with van der Waals surface area (Å²) in [5.41, 5.74) is 0. The van der Waals surface area contributed by atoms with Crippen LogP contribution in [-0.4, -0.2) is 33.3 Å². The number of hydrogen-bond acceptors (Lipinski definition) is 3. The van der Waals surface area contributed by atoms with Crippen LogP contribution >= 0.6 is 0 Å². The van der Waals surface area contributed by atoms with Crippen LogP contribution in [0.3, 0.4) is 0 Å². The molecule has 4 atom stereocenters. The van der Waals surface area contributed by atoms with E-state index in [1.165, 1.54) is 0 Å². The molecule has 2 aliphatic carbocycles. The molecule has 2 N–H and O–H groups in total. The van der Waals surface area contributed by atoms with Crippen LogP contribution < -0.4 is 5.32 Å². The molecule has 0 saturated heterocycles. The Hall–Kier alpha value is -2.11. The van der Waals surface area contributed by atoms with Crippen molar-refractivity contribution in [3.63, 3.8) is 0 Å². The normalized spacial score (nSPS) is 29.7. The van der Waals surface area contributed by atoms with Crippen LogP contribution in [0.4, 0.5) is 0 Å². The lowest BCUT2D eigenvalue weighted by molar-refractivity contribution is -0.147. The summed E-state index contributed by atoms with van der Waals surface area (Å²) in [6.07, 6.45) is 9.12. The molecule has 1 fully saturated rings. The Balaban J connectivity index is 1.51. The minimum atomic E-state index is -0.858. The maximum absolute atomic E-state index is 12.3. The number of aromatic nitrogens is 2. The van der Waals surface area contributed by atoms with E-state index in [1.54, 1.807) is 6.20 Å². The van der Waals surface area contributed by atoms with Crippen molar-refractivity contribution in [1.29, 1.82) is 0 Å². The first-order valence-corrected chi connectivity index (χ1v) is 7.33. The third-order valence-electron chi connectivity index (χ3n) is 4.47. The van der Waals surface area contributed by atoms with E-state index in [4.69, 9.17) is 0 Å². The number of carboxylic acids is 1. The standard InChI is InChI=1S/C15H19N3O3/c19-14(16-5-1-7-18-8-2-6-17-18)12-10-3-4-11(9-10)13(12)15(20)21/h2-4,6,8,10-13H,1,5,7,9H2,(H,16,19)(H,20,21)/t10-,11+,12+,13+/m1/s1. The second-order valence-corrected chi connectivity index (χ2v) is 5.75. The topological polar surface area (TPSA) is 84.2 Å². The first kappa shape index (κ1) is 13.9. The Morgan fingerprint density at radius 1 is 1.29 bits per heavy atom. The van der Waals surface area contributed by atoms with Crippen molar-refractivity contribution in [3.8, 4) is 0 Å². The van der Waals surface area contributed by atoms with Crippen molar-refractivity contribution in [2.75, 3.05) is 6.54 Å². The molecule has 0 spiro atoms. The lowest BCUT2D eigenvalue weighted by Crippen LogP contribution is -2.40. The zero-order chi connectivity index (χ0) is 14.8. The molecule has 1 aromatic heterocycles. The van der Waals surface area contributed by atoms with Gasteiger partial charge >= 0.3 is 5.97 Å². The Labute approximate surface area is 122 Å². The average molecular weight is 289 g/mol. The fraction of sp³-hybridized carbons (Fsp3) is 0.533. The van der Waals surface area contributed by atoms with Gasteiger partial charge in [0.05, 0.1) is 11.8 Å². The van der Waals surface area contributed by atoms with Gasteiger partial charge in [0, 0.05) is 25.5 Å². The second-order valence-electron chi connectivity index (χ2n) is 5.75. The number of nitrogens with one attached hydrogen (secondary N) is 1. The van der Waals surface area contributed by atoms with Gasteiger partial charge in [0.15, 0.2) is 0 Å². The van der Waals surface area contributed by atoms with Crippen LogP contribution in [0.15, 0.2) is 30.6 Å². The molecule has 1 heterocycles. The van der Waals surface area contributed by atoms with E-state index < -0.39 is 17.8 Å². The predicted octanol–water partition coefficient (Wildman–Crippen LogP) is 0.912. The van der Waals surface area contributed by atoms with Gasteiger partial charge in [-0.2, -0.15) is 5.10 Å². The van der Waals surface area contributed by atoms with Gasteiger partial charge in [-0.3, -0.25) is 14.3 Å². The summed E-state index contributed by atoms with van der Waals surface area (Å²) in [6.45, 7) is 1.29. The van der Waals surface area contributed by atoms with E-state index in [2.05, 4.69) is 10.4 Å². The first-order valence-electron chi connectivity index (χ1n) is 7.33. The number of aliphatic carboxylic acids is 1. The Bertz CT molecular complexity index is 553. The maximum Gasteiger partial charge on any atom is 0.307 e. The van der Waals surface area contributed by atoms with E-state index in [-0.39, 0.29) is 17.7 Å². The first-order chi connectivity index (χ1) is 10.2. The van der Waals surface area contributed by atoms with E-state index in [1.807, 2.05) is 29.1 Å². The largest absolute Gasteiger partial charge is 0.481 e. The Morgan fingerprint density at radius 2 is 2.05 bits per heavy atom. The quantitative estimate of drug-likeness (QED) is 0.602. The van der Waals surface area contributed by atoms with Crippen molar-refractivity contribution in [2.45, 2.75) is 19.4 Å². The number of carboxylic acid groups (broad SMARTS) is 1. The number of fused-ring (bicyclic) bond motifs is 2.